The highest BCUT2D eigenvalue weighted by atomic mass is 16.5. The van der Waals surface area contributed by atoms with Crippen LogP contribution < -0.4 is 10.6 Å². The van der Waals surface area contributed by atoms with Crippen molar-refractivity contribution in [3.8, 4) is 0 Å². The zero-order chi connectivity index (χ0) is 16.1. The number of hydrogen-bond acceptors (Lipinski definition) is 4. The smallest absolute Gasteiger partial charge is 0.191 e. The summed E-state index contributed by atoms with van der Waals surface area (Å²) in [6, 6.07) is 0. The Balaban J connectivity index is 2.24. The van der Waals surface area contributed by atoms with E-state index in [4.69, 9.17) is 14.2 Å². The molecular weight excluding hydrogens is 282 g/mol. The number of aliphatic imine (C=N–C) groups is 1. The number of rotatable bonds is 11. The van der Waals surface area contributed by atoms with Crippen molar-refractivity contribution in [1.82, 2.24) is 10.6 Å². The number of methoxy groups -OCH3 is 2. The topological polar surface area (TPSA) is 64.1 Å². The second kappa shape index (κ2) is 11.7. The molecule has 0 heterocycles. The highest BCUT2D eigenvalue weighted by molar-refractivity contribution is 5.79. The summed E-state index contributed by atoms with van der Waals surface area (Å²) in [4.78, 5) is 4.28. The molecule has 1 fully saturated rings. The summed E-state index contributed by atoms with van der Waals surface area (Å²) in [6.07, 6.45) is 6.32. The van der Waals surface area contributed by atoms with Crippen molar-refractivity contribution in [3.05, 3.63) is 0 Å². The third-order valence-electron chi connectivity index (χ3n) is 4.33. The van der Waals surface area contributed by atoms with Crippen LogP contribution >= 0.6 is 0 Å². The van der Waals surface area contributed by atoms with Crippen molar-refractivity contribution in [2.75, 3.05) is 60.8 Å². The van der Waals surface area contributed by atoms with E-state index in [0.29, 0.717) is 25.2 Å². The van der Waals surface area contributed by atoms with Gasteiger partial charge in [-0.3, -0.25) is 4.99 Å². The molecule has 22 heavy (non-hydrogen) atoms. The van der Waals surface area contributed by atoms with Gasteiger partial charge in [0.05, 0.1) is 19.8 Å². The standard InChI is InChI=1S/C16H33N3O3/c1-17-15(18-9-11-22-13-12-21-3)19-14-16(8-10-20-2)6-4-5-7-16/h4-14H2,1-3H3,(H2,17,18,19). The Bertz CT molecular complexity index is 305. The molecule has 0 radical (unpaired) electrons. The second-order valence-corrected chi connectivity index (χ2v) is 5.91. The summed E-state index contributed by atoms with van der Waals surface area (Å²) in [5, 5.41) is 6.75. The number of guanidine groups is 1. The van der Waals surface area contributed by atoms with Gasteiger partial charge in [0.2, 0.25) is 0 Å². The van der Waals surface area contributed by atoms with Crippen LogP contribution in [-0.4, -0.2) is 66.7 Å². The fourth-order valence-corrected chi connectivity index (χ4v) is 2.94. The minimum atomic E-state index is 0.364. The van der Waals surface area contributed by atoms with Crippen molar-refractivity contribution < 1.29 is 14.2 Å². The molecule has 0 spiro atoms. The third kappa shape index (κ3) is 7.42. The molecule has 0 aromatic carbocycles. The van der Waals surface area contributed by atoms with Gasteiger partial charge in [0, 0.05) is 41.0 Å². The average molecular weight is 315 g/mol. The molecule has 1 aliphatic carbocycles. The largest absolute Gasteiger partial charge is 0.385 e. The molecule has 0 atom stereocenters. The summed E-state index contributed by atoms with van der Waals surface area (Å²) in [6.45, 7) is 4.45. The highest BCUT2D eigenvalue weighted by Crippen LogP contribution is 2.40. The predicted molar refractivity (Wildman–Crippen MR) is 89.5 cm³/mol. The maximum Gasteiger partial charge on any atom is 0.191 e. The molecule has 0 aromatic heterocycles. The van der Waals surface area contributed by atoms with Crippen molar-refractivity contribution in [3.63, 3.8) is 0 Å². The Morgan fingerprint density at radius 3 is 2.36 bits per heavy atom. The Morgan fingerprint density at radius 1 is 1.00 bits per heavy atom. The zero-order valence-corrected chi connectivity index (χ0v) is 14.5. The molecule has 0 bridgehead atoms. The van der Waals surface area contributed by atoms with Crippen LogP contribution in [0.5, 0.6) is 0 Å². The molecular formula is C16H33N3O3. The van der Waals surface area contributed by atoms with Crippen LogP contribution in [0, 0.1) is 5.41 Å². The first-order valence-corrected chi connectivity index (χ1v) is 8.26. The van der Waals surface area contributed by atoms with E-state index in [1.54, 1.807) is 21.3 Å². The van der Waals surface area contributed by atoms with Gasteiger partial charge in [-0.1, -0.05) is 12.8 Å². The fraction of sp³-hybridized carbons (Fsp3) is 0.938. The maximum absolute atomic E-state index is 5.43. The first-order valence-electron chi connectivity index (χ1n) is 8.26. The van der Waals surface area contributed by atoms with Gasteiger partial charge < -0.3 is 24.8 Å². The molecule has 1 aliphatic rings. The van der Waals surface area contributed by atoms with E-state index in [0.717, 1.165) is 32.1 Å². The first kappa shape index (κ1) is 19.2. The molecule has 1 saturated carbocycles. The molecule has 0 aliphatic heterocycles. The Hall–Kier alpha value is -0.850. The van der Waals surface area contributed by atoms with Crippen LogP contribution in [0.2, 0.25) is 0 Å². The lowest BCUT2D eigenvalue weighted by Gasteiger charge is -2.29. The van der Waals surface area contributed by atoms with Gasteiger partial charge in [-0.25, -0.2) is 0 Å². The van der Waals surface area contributed by atoms with Gasteiger partial charge in [0.15, 0.2) is 5.96 Å². The molecule has 1 rings (SSSR count). The number of nitrogens with one attached hydrogen (secondary N) is 2. The molecule has 0 unspecified atom stereocenters. The van der Waals surface area contributed by atoms with Crippen LogP contribution in [-0.2, 0) is 14.2 Å². The fourth-order valence-electron chi connectivity index (χ4n) is 2.94. The SMILES string of the molecule is CN=C(NCCOCCOC)NCC1(CCOC)CCCC1. The van der Waals surface area contributed by atoms with E-state index in [1.165, 1.54) is 25.7 Å². The van der Waals surface area contributed by atoms with E-state index in [9.17, 15) is 0 Å². The normalized spacial score (nSPS) is 17.7. The Labute approximate surface area is 135 Å². The van der Waals surface area contributed by atoms with E-state index in [1.807, 2.05) is 0 Å². The van der Waals surface area contributed by atoms with Crippen molar-refractivity contribution in [2.45, 2.75) is 32.1 Å². The Morgan fingerprint density at radius 2 is 1.73 bits per heavy atom. The third-order valence-corrected chi connectivity index (χ3v) is 4.33. The number of ether oxygens (including phenoxy) is 3. The van der Waals surface area contributed by atoms with Gasteiger partial charge in [0.1, 0.15) is 0 Å². The lowest BCUT2D eigenvalue weighted by Crippen LogP contribution is -2.44. The van der Waals surface area contributed by atoms with E-state index in [2.05, 4.69) is 15.6 Å². The zero-order valence-electron chi connectivity index (χ0n) is 14.5. The van der Waals surface area contributed by atoms with Crippen molar-refractivity contribution >= 4 is 5.96 Å². The summed E-state index contributed by atoms with van der Waals surface area (Å²) < 4.78 is 15.6. The van der Waals surface area contributed by atoms with Crippen molar-refractivity contribution in [2.24, 2.45) is 10.4 Å². The lowest BCUT2D eigenvalue weighted by molar-refractivity contribution is 0.0733. The van der Waals surface area contributed by atoms with E-state index < -0.39 is 0 Å². The van der Waals surface area contributed by atoms with Gasteiger partial charge in [-0.05, 0) is 24.7 Å². The monoisotopic (exact) mass is 315 g/mol. The Kier molecular flexibility index (Phi) is 10.2. The second-order valence-electron chi connectivity index (χ2n) is 5.91. The molecule has 6 nitrogen and oxygen atoms in total. The number of nitrogens with zero attached hydrogens (tertiary/aromatic N) is 1. The van der Waals surface area contributed by atoms with Gasteiger partial charge in [-0.2, -0.15) is 0 Å². The maximum atomic E-state index is 5.43. The molecule has 0 saturated heterocycles. The van der Waals surface area contributed by atoms with E-state index in [-0.39, 0.29) is 0 Å². The van der Waals surface area contributed by atoms with Crippen LogP contribution in [0.25, 0.3) is 0 Å². The molecule has 0 amide bonds. The van der Waals surface area contributed by atoms with Crippen LogP contribution in [0.1, 0.15) is 32.1 Å². The lowest BCUT2D eigenvalue weighted by atomic mass is 9.83. The van der Waals surface area contributed by atoms with Gasteiger partial charge in [-0.15, -0.1) is 0 Å². The molecule has 6 heteroatoms. The summed E-state index contributed by atoms with van der Waals surface area (Å²) in [5.41, 5.74) is 0.364. The van der Waals surface area contributed by atoms with Crippen LogP contribution in [0.3, 0.4) is 0 Å². The first-order chi connectivity index (χ1) is 10.8. The predicted octanol–water partition coefficient (Wildman–Crippen LogP) is 1.41. The summed E-state index contributed by atoms with van der Waals surface area (Å²) >= 11 is 0. The molecule has 0 aromatic rings. The quantitative estimate of drug-likeness (QED) is 0.343. The molecule has 130 valence electrons. The minimum absolute atomic E-state index is 0.364. The van der Waals surface area contributed by atoms with E-state index >= 15 is 0 Å². The van der Waals surface area contributed by atoms with Crippen molar-refractivity contribution in [1.29, 1.82) is 0 Å². The highest BCUT2D eigenvalue weighted by Gasteiger charge is 2.33. The summed E-state index contributed by atoms with van der Waals surface area (Å²) in [7, 11) is 5.26. The van der Waals surface area contributed by atoms with Crippen LogP contribution in [0.15, 0.2) is 4.99 Å². The molecule has 2 N–H and O–H groups in total. The van der Waals surface area contributed by atoms with Crippen LogP contribution in [0.4, 0.5) is 0 Å². The summed E-state index contributed by atoms with van der Waals surface area (Å²) in [5.74, 6) is 0.846. The van der Waals surface area contributed by atoms with Gasteiger partial charge in [0.25, 0.3) is 0 Å². The van der Waals surface area contributed by atoms with Gasteiger partial charge >= 0.3 is 0 Å². The average Bonchev–Trinajstić information content (AvgIpc) is 3.01. The minimum Gasteiger partial charge on any atom is -0.385 e. The number of hydrogen-bond donors (Lipinski definition) is 2.